The van der Waals surface area contributed by atoms with Gasteiger partial charge in [-0.25, -0.2) is 8.42 Å². The van der Waals surface area contributed by atoms with E-state index in [1.807, 2.05) is 0 Å². The molecule has 0 unspecified atom stereocenters. The Kier molecular flexibility index (Phi) is 2.63. The monoisotopic (exact) mass is 207 g/mol. The van der Waals surface area contributed by atoms with E-state index in [-0.39, 0.29) is 0 Å². The fourth-order valence-electron chi connectivity index (χ4n) is 0.790. The highest BCUT2D eigenvalue weighted by molar-refractivity contribution is 7.88. The van der Waals surface area contributed by atoms with Gasteiger partial charge in [-0.3, -0.25) is 0 Å². The van der Waals surface area contributed by atoms with Crippen LogP contribution in [0.1, 0.15) is 5.56 Å². The zero-order chi connectivity index (χ0) is 10.1. The van der Waals surface area contributed by atoms with Crippen molar-refractivity contribution in [1.82, 2.24) is 4.75 Å². The average molecular weight is 207 g/mol. The molecule has 0 bridgehead atoms. The molecule has 1 aromatic carbocycles. The highest BCUT2D eigenvalue weighted by atomic mass is 32.2. The lowest BCUT2D eigenvalue weighted by atomic mass is 10.2. The van der Waals surface area contributed by atoms with E-state index >= 15 is 0 Å². The van der Waals surface area contributed by atoms with Crippen molar-refractivity contribution in [3.63, 3.8) is 0 Å². The van der Waals surface area contributed by atoms with Gasteiger partial charge < -0.3 is 0 Å². The molecule has 6 heteroatoms. The van der Waals surface area contributed by atoms with Gasteiger partial charge in [0.1, 0.15) is 4.75 Å². The summed E-state index contributed by atoms with van der Waals surface area (Å²) in [6.45, 7) is 1.74. The van der Waals surface area contributed by atoms with Gasteiger partial charge in [0, 0.05) is 0 Å². The summed E-state index contributed by atoms with van der Waals surface area (Å²) in [5, 5.41) is 0. The standard InChI is InChI=1S/C7H7F2NO2S/c1-6-2-4-7(5-3-6)13(11,12)10(8)9/h2-5H,1H3. The number of sulfonamides is 1. The van der Waals surface area contributed by atoms with Crippen molar-refractivity contribution in [2.24, 2.45) is 0 Å². The molecular weight excluding hydrogens is 200 g/mol. The van der Waals surface area contributed by atoms with Crippen LogP contribution in [-0.4, -0.2) is 13.2 Å². The lowest BCUT2D eigenvalue weighted by Gasteiger charge is -2.02. The van der Waals surface area contributed by atoms with Crippen LogP contribution in [0.3, 0.4) is 0 Å². The molecule has 3 nitrogen and oxygen atoms in total. The molecule has 0 fully saturated rings. The van der Waals surface area contributed by atoms with Gasteiger partial charge in [0.05, 0.1) is 4.90 Å². The summed E-state index contributed by atoms with van der Waals surface area (Å²) in [5.41, 5.74) is 0.809. The van der Waals surface area contributed by atoms with Gasteiger partial charge in [-0.1, -0.05) is 26.7 Å². The number of rotatable bonds is 2. The van der Waals surface area contributed by atoms with E-state index in [9.17, 15) is 17.4 Å². The Morgan fingerprint density at radius 3 is 2.00 bits per heavy atom. The first-order chi connectivity index (χ1) is 5.94. The molecule has 13 heavy (non-hydrogen) atoms. The Morgan fingerprint density at radius 2 is 1.62 bits per heavy atom. The van der Waals surface area contributed by atoms with Crippen LogP contribution in [-0.2, 0) is 10.0 Å². The Hall–Kier alpha value is -1.01. The van der Waals surface area contributed by atoms with Crippen molar-refractivity contribution in [2.45, 2.75) is 11.8 Å². The van der Waals surface area contributed by atoms with Crippen molar-refractivity contribution in [2.75, 3.05) is 0 Å². The highest BCUT2D eigenvalue weighted by Gasteiger charge is 2.23. The third-order valence-corrected chi connectivity index (χ3v) is 2.73. The van der Waals surface area contributed by atoms with Crippen LogP contribution in [0.5, 0.6) is 0 Å². The van der Waals surface area contributed by atoms with E-state index in [1.54, 1.807) is 6.92 Å². The zero-order valence-electron chi connectivity index (χ0n) is 6.74. The third-order valence-electron chi connectivity index (χ3n) is 1.50. The van der Waals surface area contributed by atoms with Crippen LogP contribution in [0.4, 0.5) is 8.96 Å². The Morgan fingerprint density at radius 1 is 1.15 bits per heavy atom. The minimum absolute atomic E-state index is 0.414. The number of hydrogen-bond acceptors (Lipinski definition) is 2. The summed E-state index contributed by atoms with van der Waals surface area (Å²) in [6.07, 6.45) is 0. The number of halogens is 2. The molecule has 0 saturated carbocycles. The molecule has 0 N–H and O–H groups in total. The van der Waals surface area contributed by atoms with Crippen molar-refractivity contribution < 1.29 is 17.4 Å². The van der Waals surface area contributed by atoms with Crippen LogP contribution < -0.4 is 0 Å². The molecule has 0 aliphatic rings. The first-order valence-electron chi connectivity index (χ1n) is 3.38. The van der Waals surface area contributed by atoms with Crippen molar-refractivity contribution in [3.8, 4) is 0 Å². The highest BCUT2D eigenvalue weighted by Crippen LogP contribution is 2.16. The molecule has 0 amide bonds. The van der Waals surface area contributed by atoms with E-state index in [1.165, 1.54) is 12.1 Å². The van der Waals surface area contributed by atoms with E-state index in [0.29, 0.717) is 0 Å². The SMILES string of the molecule is Cc1ccc(S(=O)(=O)N(F)F)cc1. The van der Waals surface area contributed by atoms with Gasteiger partial charge in [-0.05, 0) is 19.1 Å². The maximum atomic E-state index is 11.8. The summed E-state index contributed by atoms with van der Waals surface area (Å²) in [5.74, 6) is 0. The molecule has 1 rings (SSSR count). The van der Waals surface area contributed by atoms with E-state index in [2.05, 4.69) is 0 Å². The largest absolute Gasteiger partial charge is 0.297 e. The average Bonchev–Trinajstić information content (AvgIpc) is 2.04. The topological polar surface area (TPSA) is 37.4 Å². The summed E-state index contributed by atoms with van der Waals surface area (Å²) < 4.78 is 43.5. The molecule has 0 aromatic heterocycles. The molecular formula is C7H7F2NO2S. The molecule has 0 atom stereocenters. The molecule has 72 valence electrons. The lowest BCUT2D eigenvalue weighted by molar-refractivity contribution is -0.0538. The minimum Gasteiger partial charge on any atom is -0.202 e. The van der Waals surface area contributed by atoms with Crippen LogP contribution in [0, 0.1) is 6.92 Å². The fraction of sp³-hybridized carbons (Fsp3) is 0.143. The second kappa shape index (κ2) is 3.39. The van der Waals surface area contributed by atoms with Gasteiger partial charge in [-0.15, -0.1) is 0 Å². The Bertz CT molecular complexity index is 385. The van der Waals surface area contributed by atoms with Crippen LogP contribution in [0.25, 0.3) is 0 Å². The second-order valence-corrected chi connectivity index (χ2v) is 4.19. The van der Waals surface area contributed by atoms with Gasteiger partial charge in [0.25, 0.3) is 10.0 Å². The van der Waals surface area contributed by atoms with Crippen LogP contribution in [0.2, 0.25) is 0 Å². The maximum Gasteiger partial charge on any atom is 0.297 e. The van der Waals surface area contributed by atoms with Crippen molar-refractivity contribution in [1.29, 1.82) is 0 Å². The molecule has 1 aromatic rings. The quantitative estimate of drug-likeness (QED) is 0.693. The summed E-state index contributed by atoms with van der Waals surface area (Å²) in [4.78, 5) is -0.414. The van der Waals surface area contributed by atoms with Crippen LogP contribution >= 0.6 is 0 Å². The molecule has 0 heterocycles. The summed E-state index contributed by atoms with van der Waals surface area (Å²) in [7, 11) is -4.59. The van der Waals surface area contributed by atoms with E-state index in [4.69, 9.17) is 0 Å². The Balaban J connectivity index is 3.17. The molecule has 0 radical (unpaired) electrons. The maximum absolute atomic E-state index is 11.8. The predicted octanol–water partition coefficient (Wildman–Crippen LogP) is 1.75. The van der Waals surface area contributed by atoms with Crippen molar-refractivity contribution >= 4 is 10.0 Å². The van der Waals surface area contributed by atoms with Gasteiger partial charge in [0.15, 0.2) is 0 Å². The number of benzene rings is 1. The van der Waals surface area contributed by atoms with Crippen LogP contribution in [0.15, 0.2) is 29.2 Å². The van der Waals surface area contributed by atoms with Gasteiger partial charge >= 0.3 is 0 Å². The number of aryl methyl sites for hydroxylation is 1. The first-order valence-corrected chi connectivity index (χ1v) is 4.82. The van der Waals surface area contributed by atoms with Crippen molar-refractivity contribution in [3.05, 3.63) is 29.8 Å². The first kappa shape index (κ1) is 10.1. The zero-order valence-corrected chi connectivity index (χ0v) is 7.55. The third kappa shape index (κ3) is 2.02. The lowest BCUT2D eigenvalue weighted by Crippen LogP contribution is -2.14. The molecule has 0 aliphatic carbocycles. The fourth-order valence-corrected chi connectivity index (χ4v) is 1.43. The molecule has 0 spiro atoms. The molecule has 0 aliphatic heterocycles. The number of hydrogen-bond donors (Lipinski definition) is 0. The van der Waals surface area contributed by atoms with E-state index < -0.39 is 19.7 Å². The second-order valence-electron chi connectivity index (χ2n) is 2.49. The predicted molar refractivity (Wildman–Crippen MR) is 42.4 cm³/mol. The normalized spacial score (nSPS) is 12.0. The Labute approximate surface area is 74.5 Å². The smallest absolute Gasteiger partial charge is 0.202 e. The van der Waals surface area contributed by atoms with E-state index in [0.717, 1.165) is 17.7 Å². The van der Waals surface area contributed by atoms with Gasteiger partial charge in [-0.2, -0.15) is 0 Å². The summed E-state index contributed by atoms with van der Waals surface area (Å²) >= 11 is 0. The molecule has 0 saturated heterocycles. The minimum atomic E-state index is -4.59. The number of nitrogens with zero attached hydrogens (tertiary/aromatic N) is 1. The van der Waals surface area contributed by atoms with Gasteiger partial charge in [0.2, 0.25) is 0 Å². The summed E-state index contributed by atoms with van der Waals surface area (Å²) in [6, 6.07) is 5.18.